The molecule has 4 heterocycles. The maximum atomic E-state index is 13.1. The van der Waals surface area contributed by atoms with Crippen LogP contribution in [0.4, 0.5) is 4.79 Å². The minimum atomic E-state index is -0.782. The van der Waals surface area contributed by atoms with Gasteiger partial charge in [-0.1, -0.05) is 53.2 Å². The van der Waals surface area contributed by atoms with E-state index in [4.69, 9.17) is 4.99 Å². The summed E-state index contributed by atoms with van der Waals surface area (Å²) in [5.74, 6) is 0.486. The summed E-state index contributed by atoms with van der Waals surface area (Å²) in [5.41, 5.74) is 1.34. The molecule has 3 aliphatic heterocycles. The molecule has 0 radical (unpaired) electrons. The van der Waals surface area contributed by atoms with Gasteiger partial charge in [0, 0.05) is 13.1 Å². The lowest BCUT2D eigenvalue weighted by Crippen LogP contribution is -2.54. The molecule has 4 amide bonds. The van der Waals surface area contributed by atoms with Crippen LogP contribution in [0.15, 0.2) is 57.8 Å². The number of amides is 4. The molecule has 2 aromatic rings. The fourth-order valence-electron chi connectivity index (χ4n) is 4.77. The number of rotatable bonds is 5. The summed E-state index contributed by atoms with van der Waals surface area (Å²) in [6.45, 7) is 1.48. The molecule has 36 heavy (non-hydrogen) atoms. The molecule has 0 spiro atoms. The topological polar surface area (TPSA) is 85.4 Å². The highest BCUT2D eigenvalue weighted by Gasteiger charge is 2.49. The fraction of sp³-hybridized carbons (Fsp3) is 0.385. The molecule has 1 aromatic carbocycles. The number of hydrogen-bond acceptors (Lipinski definition) is 7. The Balaban J connectivity index is 1.27. The lowest BCUT2D eigenvalue weighted by Gasteiger charge is -2.32. The van der Waals surface area contributed by atoms with Gasteiger partial charge in [0.1, 0.15) is 5.04 Å². The van der Waals surface area contributed by atoms with Crippen LogP contribution in [-0.4, -0.2) is 81.9 Å². The van der Waals surface area contributed by atoms with Crippen molar-refractivity contribution in [3.05, 3.63) is 58.3 Å². The number of imide groups is 1. The Hall–Kier alpha value is -3.11. The number of thioether (sulfide) groups is 1. The minimum Gasteiger partial charge on any atom is -0.342 e. The van der Waals surface area contributed by atoms with E-state index < -0.39 is 11.9 Å². The van der Waals surface area contributed by atoms with Crippen molar-refractivity contribution in [2.24, 2.45) is 21.8 Å². The second-order valence-electron chi connectivity index (χ2n) is 9.20. The smallest absolute Gasteiger partial charge is 0.342 e. The quantitative estimate of drug-likeness (QED) is 0.564. The van der Waals surface area contributed by atoms with E-state index in [0.717, 1.165) is 42.1 Å². The van der Waals surface area contributed by atoms with Gasteiger partial charge in [-0.15, -0.1) is 11.3 Å². The molecule has 1 fully saturated rings. The molecule has 1 unspecified atom stereocenters. The maximum absolute atomic E-state index is 13.1. The van der Waals surface area contributed by atoms with Crippen LogP contribution in [0, 0.1) is 11.8 Å². The van der Waals surface area contributed by atoms with Crippen molar-refractivity contribution in [2.75, 3.05) is 32.9 Å². The molecule has 1 saturated heterocycles. The Morgan fingerprint density at radius 1 is 1.11 bits per heavy atom. The Morgan fingerprint density at radius 3 is 2.56 bits per heavy atom. The van der Waals surface area contributed by atoms with Crippen LogP contribution >= 0.6 is 23.1 Å². The highest BCUT2D eigenvalue weighted by molar-refractivity contribution is 8.14. The van der Waals surface area contributed by atoms with Crippen molar-refractivity contribution in [2.45, 2.75) is 19.3 Å². The summed E-state index contributed by atoms with van der Waals surface area (Å²) in [4.78, 5) is 51.8. The first-order valence-corrected chi connectivity index (χ1v) is 13.9. The van der Waals surface area contributed by atoms with Crippen molar-refractivity contribution >= 4 is 57.7 Å². The summed E-state index contributed by atoms with van der Waals surface area (Å²) >= 11 is 2.76. The molecule has 0 bridgehead atoms. The van der Waals surface area contributed by atoms with Crippen LogP contribution in [0.3, 0.4) is 0 Å². The number of carbonyl (C=O) groups is 3. The number of hydrogen-bond donors (Lipinski definition) is 0. The SMILES string of the molecule is CN1C(=O)C2C(SCC(=O)N3CCC(Cc4ccccc4)CC3)=NC(c3cccs3)=NC2=[N+](C)C1=O. The van der Waals surface area contributed by atoms with Crippen molar-refractivity contribution in [1.82, 2.24) is 9.80 Å². The molecular weight excluding hydrogens is 494 g/mol. The Labute approximate surface area is 218 Å². The summed E-state index contributed by atoms with van der Waals surface area (Å²) < 4.78 is 1.40. The number of thiophene rings is 1. The van der Waals surface area contributed by atoms with Gasteiger partial charge < -0.3 is 4.90 Å². The third-order valence-electron chi connectivity index (χ3n) is 6.86. The number of aliphatic imine (C=N–C) groups is 2. The van der Waals surface area contributed by atoms with Crippen LogP contribution < -0.4 is 0 Å². The second kappa shape index (κ2) is 10.5. The molecular formula is C26H28N5O3S2+. The van der Waals surface area contributed by atoms with Gasteiger partial charge in [-0.25, -0.2) is 9.79 Å². The van der Waals surface area contributed by atoms with Gasteiger partial charge in [0.15, 0.2) is 5.92 Å². The van der Waals surface area contributed by atoms with Crippen molar-refractivity contribution in [3.8, 4) is 0 Å². The molecule has 1 atom stereocenters. The Bertz CT molecular complexity index is 1260. The molecule has 10 heteroatoms. The summed E-state index contributed by atoms with van der Waals surface area (Å²) in [6.07, 6.45) is 3.01. The van der Waals surface area contributed by atoms with Gasteiger partial charge in [-0.2, -0.15) is 9.48 Å². The normalized spacial score (nSPS) is 20.9. The molecule has 0 N–H and O–H groups in total. The van der Waals surface area contributed by atoms with Gasteiger partial charge in [-0.3, -0.25) is 9.59 Å². The third-order valence-corrected chi connectivity index (χ3v) is 8.74. The van der Waals surface area contributed by atoms with Crippen LogP contribution in [-0.2, 0) is 16.0 Å². The van der Waals surface area contributed by atoms with E-state index in [9.17, 15) is 14.4 Å². The average Bonchev–Trinajstić information content (AvgIpc) is 3.45. The molecule has 0 saturated carbocycles. The van der Waals surface area contributed by atoms with Crippen LogP contribution in [0.1, 0.15) is 23.3 Å². The number of amidine groups is 2. The van der Waals surface area contributed by atoms with Crippen molar-refractivity contribution in [3.63, 3.8) is 0 Å². The van der Waals surface area contributed by atoms with Gasteiger partial charge in [-0.05, 0) is 42.2 Å². The van der Waals surface area contributed by atoms with E-state index in [1.165, 1.54) is 40.3 Å². The second-order valence-corrected chi connectivity index (χ2v) is 11.1. The number of piperidine rings is 1. The van der Waals surface area contributed by atoms with Gasteiger partial charge in [0.25, 0.3) is 5.84 Å². The summed E-state index contributed by atoms with van der Waals surface area (Å²) in [5, 5.41) is 2.43. The monoisotopic (exact) mass is 522 g/mol. The number of urea groups is 1. The maximum Gasteiger partial charge on any atom is 0.445 e. The number of likely N-dealkylation sites (tertiary alicyclic amines) is 1. The molecule has 3 aliphatic rings. The first-order valence-electron chi connectivity index (χ1n) is 12.0. The predicted octanol–water partition coefficient (Wildman–Crippen LogP) is 3.37. The number of benzene rings is 1. The molecule has 0 aliphatic carbocycles. The van der Waals surface area contributed by atoms with E-state index in [1.807, 2.05) is 28.5 Å². The van der Waals surface area contributed by atoms with Crippen LogP contribution in [0.25, 0.3) is 0 Å². The fourth-order valence-corrected chi connectivity index (χ4v) is 6.40. The van der Waals surface area contributed by atoms with Gasteiger partial charge in [0.2, 0.25) is 11.7 Å². The minimum absolute atomic E-state index is 0.0450. The highest BCUT2D eigenvalue weighted by atomic mass is 32.2. The molecule has 5 rings (SSSR count). The average molecular weight is 523 g/mol. The summed E-state index contributed by atoms with van der Waals surface area (Å²) in [7, 11) is 3.07. The van der Waals surface area contributed by atoms with E-state index in [2.05, 4.69) is 29.3 Å². The lowest BCUT2D eigenvalue weighted by atomic mass is 9.90. The van der Waals surface area contributed by atoms with Crippen molar-refractivity contribution < 1.29 is 19.0 Å². The zero-order chi connectivity index (χ0) is 25.2. The van der Waals surface area contributed by atoms with Crippen LogP contribution in [0.2, 0.25) is 0 Å². The van der Waals surface area contributed by atoms with E-state index in [0.29, 0.717) is 22.6 Å². The Kier molecular flexibility index (Phi) is 7.15. The van der Waals surface area contributed by atoms with Gasteiger partial charge in [0.05, 0.1) is 24.7 Å². The zero-order valence-corrected chi connectivity index (χ0v) is 21.9. The van der Waals surface area contributed by atoms with Crippen molar-refractivity contribution in [1.29, 1.82) is 0 Å². The predicted molar refractivity (Wildman–Crippen MR) is 143 cm³/mol. The van der Waals surface area contributed by atoms with E-state index >= 15 is 0 Å². The zero-order valence-electron chi connectivity index (χ0n) is 20.3. The first kappa shape index (κ1) is 24.6. The molecule has 186 valence electrons. The number of fused-ring (bicyclic) bond motifs is 1. The number of carbonyl (C=O) groups excluding carboxylic acids is 3. The molecule has 1 aromatic heterocycles. The Morgan fingerprint density at radius 2 is 1.86 bits per heavy atom. The standard InChI is InChI=1S/C26H28N5O3S2/c1-29-23-21(25(33)30(2)26(29)34)24(28-22(27-23)19-9-6-14-35-19)36-16-20(32)31-12-10-18(11-13-31)15-17-7-4-3-5-8-17/h3-9,14,18,21H,10-13,15-16H2,1-2H3/q+1. The molecule has 8 nitrogen and oxygen atoms in total. The lowest BCUT2D eigenvalue weighted by molar-refractivity contribution is -0.407. The van der Waals surface area contributed by atoms with Crippen LogP contribution in [0.5, 0.6) is 0 Å². The highest BCUT2D eigenvalue weighted by Crippen LogP contribution is 2.28. The largest absolute Gasteiger partial charge is 0.445 e. The van der Waals surface area contributed by atoms with E-state index in [-0.39, 0.29) is 17.6 Å². The first-order chi connectivity index (χ1) is 17.4. The third kappa shape index (κ3) is 4.92. The van der Waals surface area contributed by atoms with E-state index in [1.54, 1.807) is 7.05 Å². The number of nitrogens with zero attached hydrogens (tertiary/aromatic N) is 5. The van der Waals surface area contributed by atoms with Gasteiger partial charge >= 0.3 is 11.9 Å². The summed E-state index contributed by atoms with van der Waals surface area (Å²) in [6, 6.07) is 13.9.